The van der Waals surface area contributed by atoms with Crippen molar-refractivity contribution in [2.75, 3.05) is 0 Å². The van der Waals surface area contributed by atoms with Crippen LogP contribution in [0.1, 0.15) is 66.2 Å². The van der Waals surface area contributed by atoms with Crippen LogP contribution >= 0.6 is 0 Å². The molecule has 1 aliphatic heterocycles. The van der Waals surface area contributed by atoms with Crippen molar-refractivity contribution in [3.8, 4) is 0 Å². The molecule has 0 aromatic heterocycles. The van der Waals surface area contributed by atoms with Crippen molar-refractivity contribution in [2.24, 2.45) is 17.8 Å². The molecule has 0 saturated carbocycles. The van der Waals surface area contributed by atoms with Crippen LogP contribution in [0, 0.1) is 17.8 Å². The van der Waals surface area contributed by atoms with Crippen LogP contribution in [0.5, 0.6) is 0 Å². The second-order valence-corrected chi connectivity index (χ2v) is 6.07. The minimum atomic E-state index is 0.0341. The SMILES string of the molecule is CC[C@@H]1C[C@@H](C[C@H](C)CCCC(C)C)OC1=O. The minimum Gasteiger partial charge on any atom is -0.462 e. The third-order valence-corrected chi connectivity index (χ3v) is 3.80. The van der Waals surface area contributed by atoms with Gasteiger partial charge in [0.25, 0.3) is 0 Å². The van der Waals surface area contributed by atoms with E-state index in [4.69, 9.17) is 4.74 Å². The molecule has 2 nitrogen and oxygen atoms in total. The molecule has 0 aliphatic carbocycles. The van der Waals surface area contributed by atoms with Crippen molar-refractivity contribution in [3.63, 3.8) is 0 Å². The first-order valence-corrected chi connectivity index (χ1v) is 7.23. The molecule has 2 heteroatoms. The lowest BCUT2D eigenvalue weighted by molar-refractivity contribution is -0.144. The summed E-state index contributed by atoms with van der Waals surface area (Å²) in [6, 6.07) is 0. The van der Waals surface area contributed by atoms with Gasteiger partial charge in [-0.15, -0.1) is 0 Å². The lowest BCUT2D eigenvalue weighted by atomic mass is 9.92. The molecule has 0 N–H and O–H groups in total. The second kappa shape index (κ2) is 7.03. The van der Waals surface area contributed by atoms with Crippen molar-refractivity contribution in [1.82, 2.24) is 0 Å². The van der Waals surface area contributed by atoms with Gasteiger partial charge in [0.05, 0.1) is 5.92 Å². The minimum absolute atomic E-state index is 0.0341. The average molecular weight is 240 g/mol. The zero-order valence-corrected chi connectivity index (χ0v) is 11.9. The summed E-state index contributed by atoms with van der Waals surface area (Å²) < 4.78 is 5.42. The highest BCUT2D eigenvalue weighted by atomic mass is 16.5. The van der Waals surface area contributed by atoms with E-state index in [9.17, 15) is 4.79 Å². The first kappa shape index (κ1) is 14.5. The summed E-state index contributed by atoms with van der Waals surface area (Å²) in [4.78, 5) is 11.5. The lowest BCUT2D eigenvalue weighted by Gasteiger charge is -2.16. The van der Waals surface area contributed by atoms with Crippen LogP contribution in [0.4, 0.5) is 0 Å². The number of esters is 1. The number of ether oxygens (including phenoxy) is 1. The zero-order chi connectivity index (χ0) is 12.8. The van der Waals surface area contributed by atoms with Crippen molar-refractivity contribution in [1.29, 1.82) is 0 Å². The van der Waals surface area contributed by atoms with Crippen molar-refractivity contribution >= 4 is 5.97 Å². The highest BCUT2D eigenvalue weighted by Crippen LogP contribution is 2.29. The molecule has 1 heterocycles. The van der Waals surface area contributed by atoms with Gasteiger partial charge in [-0.25, -0.2) is 0 Å². The average Bonchev–Trinajstić information content (AvgIpc) is 2.58. The quantitative estimate of drug-likeness (QED) is 0.624. The first-order valence-electron chi connectivity index (χ1n) is 7.23. The number of carbonyl (C=O) groups is 1. The Hall–Kier alpha value is -0.530. The van der Waals surface area contributed by atoms with Crippen molar-refractivity contribution < 1.29 is 9.53 Å². The van der Waals surface area contributed by atoms with E-state index in [0.717, 1.165) is 25.2 Å². The molecule has 0 aromatic rings. The van der Waals surface area contributed by atoms with Crippen molar-refractivity contribution in [2.45, 2.75) is 72.3 Å². The number of hydrogen-bond acceptors (Lipinski definition) is 2. The fourth-order valence-corrected chi connectivity index (χ4v) is 2.64. The fourth-order valence-electron chi connectivity index (χ4n) is 2.64. The number of cyclic esters (lactones) is 1. The third-order valence-electron chi connectivity index (χ3n) is 3.80. The first-order chi connectivity index (χ1) is 8.02. The Morgan fingerprint density at radius 1 is 1.29 bits per heavy atom. The van der Waals surface area contributed by atoms with Crippen LogP contribution in [0.2, 0.25) is 0 Å². The molecular weight excluding hydrogens is 212 g/mol. The van der Waals surface area contributed by atoms with E-state index in [1.54, 1.807) is 0 Å². The molecule has 1 saturated heterocycles. The molecule has 1 fully saturated rings. The molecule has 0 radical (unpaired) electrons. The third kappa shape index (κ3) is 5.10. The van der Waals surface area contributed by atoms with Crippen LogP contribution < -0.4 is 0 Å². The highest BCUT2D eigenvalue weighted by molar-refractivity contribution is 5.74. The summed E-state index contributed by atoms with van der Waals surface area (Å²) in [5, 5.41) is 0. The predicted octanol–water partition coefficient (Wildman–Crippen LogP) is 4.18. The van der Waals surface area contributed by atoms with Gasteiger partial charge in [-0.2, -0.15) is 0 Å². The van der Waals surface area contributed by atoms with E-state index in [1.807, 2.05) is 0 Å². The second-order valence-electron chi connectivity index (χ2n) is 6.07. The van der Waals surface area contributed by atoms with E-state index in [-0.39, 0.29) is 18.0 Å². The van der Waals surface area contributed by atoms with Crippen LogP contribution in [0.3, 0.4) is 0 Å². The summed E-state index contributed by atoms with van der Waals surface area (Å²) >= 11 is 0. The van der Waals surface area contributed by atoms with Crippen LogP contribution in [0.25, 0.3) is 0 Å². The van der Waals surface area contributed by atoms with Gasteiger partial charge in [-0.3, -0.25) is 4.79 Å². The summed E-state index contributed by atoms with van der Waals surface area (Å²) in [5.41, 5.74) is 0. The molecule has 1 aliphatic rings. The molecule has 1 rings (SSSR count). The summed E-state index contributed by atoms with van der Waals surface area (Å²) in [6.07, 6.45) is 7.01. The molecule has 100 valence electrons. The van der Waals surface area contributed by atoms with Crippen LogP contribution in [-0.2, 0) is 9.53 Å². The molecular formula is C15H28O2. The van der Waals surface area contributed by atoms with E-state index in [0.29, 0.717) is 5.92 Å². The largest absolute Gasteiger partial charge is 0.462 e. The van der Waals surface area contributed by atoms with E-state index >= 15 is 0 Å². The van der Waals surface area contributed by atoms with Gasteiger partial charge in [-0.1, -0.05) is 47.0 Å². The molecule has 3 atom stereocenters. The van der Waals surface area contributed by atoms with Gasteiger partial charge in [0, 0.05) is 0 Å². The Morgan fingerprint density at radius 2 is 2.00 bits per heavy atom. The molecule has 17 heavy (non-hydrogen) atoms. The maximum atomic E-state index is 11.5. The maximum Gasteiger partial charge on any atom is 0.309 e. The topological polar surface area (TPSA) is 26.3 Å². The van der Waals surface area contributed by atoms with Gasteiger partial charge in [0.15, 0.2) is 0 Å². The smallest absolute Gasteiger partial charge is 0.309 e. The Labute approximate surface area is 106 Å². The fraction of sp³-hybridized carbons (Fsp3) is 0.933. The monoisotopic (exact) mass is 240 g/mol. The normalized spacial score (nSPS) is 26.3. The molecule has 0 bridgehead atoms. The van der Waals surface area contributed by atoms with Crippen LogP contribution in [0.15, 0.2) is 0 Å². The predicted molar refractivity (Wildman–Crippen MR) is 70.7 cm³/mol. The zero-order valence-electron chi connectivity index (χ0n) is 11.9. The number of carbonyl (C=O) groups excluding carboxylic acids is 1. The van der Waals surface area contributed by atoms with E-state index in [1.165, 1.54) is 19.3 Å². The summed E-state index contributed by atoms with van der Waals surface area (Å²) in [5.74, 6) is 1.69. The molecule has 0 unspecified atom stereocenters. The maximum absolute atomic E-state index is 11.5. The standard InChI is InChI=1S/C15H28O2/c1-5-13-10-14(17-15(13)16)9-12(4)8-6-7-11(2)3/h11-14H,5-10H2,1-4H3/t12-,13-,14-/m1/s1. The summed E-state index contributed by atoms with van der Waals surface area (Å²) in [7, 11) is 0. The Kier molecular flexibility index (Phi) is 6.01. The molecule has 0 aromatic carbocycles. The van der Waals surface area contributed by atoms with Gasteiger partial charge in [-0.05, 0) is 31.1 Å². The number of rotatable bonds is 7. The van der Waals surface area contributed by atoms with Gasteiger partial charge < -0.3 is 4.74 Å². The lowest BCUT2D eigenvalue weighted by Crippen LogP contribution is -2.11. The van der Waals surface area contributed by atoms with Gasteiger partial charge >= 0.3 is 5.97 Å². The highest BCUT2D eigenvalue weighted by Gasteiger charge is 2.33. The van der Waals surface area contributed by atoms with E-state index in [2.05, 4.69) is 27.7 Å². The van der Waals surface area contributed by atoms with Gasteiger partial charge in [0.1, 0.15) is 6.10 Å². The Balaban J connectivity index is 2.19. The molecule has 0 spiro atoms. The van der Waals surface area contributed by atoms with Crippen LogP contribution in [-0.4, -0.2) is 12.1 Å². The number of hydrogen-bond donors (Lipinski definition) is 0. The van der Waals surface area contributed by atoms with Crippen molar-refractivity contribution in [3.05, 3.63) is 0 Å². The van der Waals surface area contributed by atoms with Gasteiger partial charge in [0.2, 0.25) is 0 Å². The Morgan fingerprint density at radius 3 is 2.53 bits per heavy atom. The summed E-state index contributed by atoms with van der Waals surface area (Å²) in [6.45, 7) is 8.90. The van der Waals surface area contributed by atoms with E-state index < -0.39 is 0 Å². The molecule has 0 amide bonds. The Bertz CT molecular complexity index is 235.